The van der Waals surface area contributed by atoms with E-state index in [0.29, 0.717) is 0 Å². The molecule has 1 amide bonds. The van der Waals surface area contributed by atoms with Crippen LogP contribution in [0.1, 0.15) is 22.3 Å². The molecular formula is C16H10Cl2FNO3. The van der Waals surface area contributed by atoms with Gasteiger partial charge in [-0.1, -0.05) is 23.2 Å². The minimum atomic E-state index is -2.12. The number of amides is 1. The predicted molar refractivity (Wildman–Crippen MR) is 84.3 cm³/mol. The van der Waals surface area contributed by atoms with E-state index in [1.807, 2.05) is 0 Å². The van der Waals surface area contributed by atoms with Crippen LogP contribution in [0.15, 0.2) is 36.4 Å². The summed E-state index contributed by atoms with van der Waals surface area (Å²) in [6, 6.07) is 7.75. The van der Waals surface area contributed by atoms with E-state index >= 15 is 0 Å². The molecule has 1 aliphatic heterocycles. The molecule has 0 aliphatic carbocycles. The number of Topliss-reactive ketones (excluding diaryl/α,β-unsaturated/α-hetero) is 1. The molecule has 1 atom stereocenters. The van der Waals surface area contributed by atoms with Crippen molar-refractivity contribution in [3.8, 4) is 0 Å². The van der Waals surface area contributed by atoms with Gasteiger partial charge in [0.2, 0.25) is 0 Å². The Hall–Kier alpha value is -1.95. The Morgan fingerprint density at radius 2 is 1.74 bits per heavy atom. The molecule has 0 bridgehead atoms. The van der Waals surface area contributed by atoms with Gasteiger partial charge in [0, 0.05) is 16.1 Å². The van der Waals surface area contributed by atoms with Crippen LogP contribution in [0, 0.1) is 5.82 Å². The van der Waals surface area contributed by atoms with E-state index in [2.05, 4.69) is 5.32 Å². The van der Waals surface area contributed by atoms with Crippen LogP contribution in [0.3, 0.4) is 0 Å². The first-order chi connectivity index (χ1) is 10.8. The van der Waals surface area contributed by atoms with E-state index in [4.69, 9.17) is 23.2 Å². The van der Waals surface area contributed by atoms with Crippen LogP contribution < -0.4 is 5.32 Å². The first kappa shape index (κ1) is 15.9. The summed E-state index contributed by atoms with van der Waals surface area (Å²) in [6.07, 6.45) is -0.530. The van der Waals surface area contributed by atoms with Gasteiger partial charge >= 0.3 is 0 Å². The van der Waals surface area contributed by atoms with Gasteiger partial charge < -0.3 is 10.4 Å². The van der Waals surface area contributed by atoms with Crippen LogP contribution >= 0.6 is 23.2 Å². The highest BCUT2D eigenvalue weighted by Crippen LogP contribution is 2.46. The summed E-state index contributed by atoms with van der Waals surface area (Å²) < 4.78 is 12.9. The highest BCUT2D eigenvalue weighted by Gasteiger charge is 2.49. The summed E-state index contributed by atoms with van der Waals surface area (Å²) in [7, 11) is 0. The predicted octanol–water partition coefficient (Wildman–Crippen LogP) is 3.55. The van der Waals surface area contributed by atoms with Crippen molar-refractivity contribution < 1.29 is 19.1 Å². The molecule has 4 nitrogen and oxygen atoms in total. The molecule has 0 spiro atoms. The number of anilines is 1. The number of carbonyl (C=O) groups is 2. The third-order valence-corrected chi connectivity index (χ3v) is 4.34. The lowest BCUT2D eigenvalue weighted by atomic mass is 9.88. The molecule has 1 heterocycles. The zero-order chi connectivity index (χ0) is 16.8. The number of hydrogen-bond donors (Lipinski definition) is 2. The molecule has 0 unspecified atom stereocenters. The van der Waals surface area contributed by atoms with E-state index in [9.17, 15) is 19.1 Å². The minimum Gasteiger partial charge on any atom is -0.375 e. The third kappa shape index (κ3) is 2.61. The molecule has 0 fully saturated rings. The minimum absolute atomic E-state index is 0.0760. The normalized spacial score (nSPS) is 19.4. The Labute approximate surface area is 140 Å². The van der Waals surface area contributed by atoms with Crippen molar-refractivity contribution in [3.63, 3.8) is 0 Å². The summed E-state index contributed by atoms with van der Waals surface area (Å²) in [5.74, 6) is -1.79. The van der Waals surface area contributed by atoms with Crippen molar-refractivity contribution >= 4 is 40.6 Å². The summed E-state index contributed by atoms with van der Waals surface area (Å²) >= 11 is 12.1. The molecule has 2 N–H and O–H groups in total. The number of halogens is 3. The topological polar surface area (TPSA) is 66.4 Å². The number of hydrogen-bond acceptors (Lipinski definition) is 3. The number of fused-ring (bicyclic) bond motifs is 1. The molecule has 23 heavy (non-hydrogen) atoms. The molecular weight excluding hydrogens is 344 g/mol. The second kappa shape index (κ2) is 5.60. The molecule has 0 saturated carbocycles. The van der Waals surface area contributed by atoms with E-state index in [0.717, 1.165) is 12.1 Å². The third-order valence-electron chi connectivity index (χ3n) is 3.71. The molecule has 118 valence electrons. The fourth-order valence-electron chi connectivity index (χ4n) is 2.55. The lowest BCUT2D eigenvalue weighted by molar-refractivity contribution is -0.133. The van der Waals surface area contributed by atoms with Crippen molar-refractivity contribution in [1.82, 2.24) is 0 Å². The number of benzene rings is 2. The lowest BCUT2D eigenvalue weighted by Crippen LogP contribution is -2.36. The number of aliphatic hydroxyl groups is 1. The average Bonchev–Trinajstić information content (AvgIpc) is 2.77. The van der Waals surface area contributed by atoms with Gasteiger partial charge in [0.15, 0.2) is 11.4 Å². The highest BCUT2D eigenvalue weighted by molar-refractivity contribution is 6.38. The smallest absolute Gasteiger partial charge is 0.261 e. The molecule has 3 rings (SSSR count). The Morgan fingerprint density at radius 1 is 1.13 bits per heavy atom. The SMILES string of the molecule is O=C(C[C@]1(O)C(=O)Nc2c(Cl)ccc(Cl)c21)c1ccc(F)cc1. The number of rotatable bonds is 3. The van der Waals surface area contributed by atoms with E-state index in [1.54, 1.807) is 0 Å². The maximum atomic E-state index is 12.9. The molecule has 2 aromatic rings. The van der Waals surface area contributed by atoms with Crippen molar-refractivity contribution in [3.05, 3.63) is 63.4 Å². The standard InChI is InChI=1S/C16H10Cl2FNO3/c17-10-5-6-11(18)14-13(10)16(23,15(22)20-14)7-12(21)8-1-3-9(19)4-2-8/h1-6,23H,7H2,(H,20,22)/t16-/m1/s1. The zero-order valence-corrected chi connectivity index (χ0v) is 13.1. The zero-order valence-electron chi connectivity index (χ0n) is 11.6. The van der Waals surface area contributed by atoms with Crippen LogP contribution in [0.2, 0.25) is 10.0 Å². The second-order valence-electron chi connectivity index (χ2n) is 5.20. The largest absolute Gasteiger partial charge is 0.375 e. The van der Waals surface area contributed by atoms with Gasteiger partial charge in [-0.25, -0.2) is 4.39 Å². The number of carbonyl (C=O) groups excluding carboxylic acids is 2. The van der Waals surface area contributed by atoms with E-state index in [-0.39, 0.29) is 26.9 Å². The summed E-state index contributed by atoms with van der Waals surface area (Å²) in [5.41, 5.74) is -1.67. The van der Waals surface area contributed by atoms with E-state index < -0.39 is 29.5 Å². The first-order valence-electron chi connectivity index (χ1n) is 6.64. The highest BCUT2D eigenvalue weighted by atomic mass is 35.5. The van der Waals surface area contributed by atoms with Gasteiger partial charge in [0.1, 0.15) is 5.82 Å². The Balaban J connectivity index is 2.00. The van der Waals surface area contributed by atoms with Gasteiger partial charge in [-0.3, -0.25) is 9.59 Å². The van der Waals surface area contributed by atoms with Crippen molar-refractivity contribution in [1.29, 1.82) is 0 Å². The van der Waals surface area contributed by atoms with Crippen molar-refractivity contribution in [2.24, 2.45) is 0 Å². The summed E-state index contributed by atoms with van der Waals surface area (Å²) in [4.78, 5) is 24.5. The Morgan fingerprint density at radius 3 is 2.39 bits per heavy atom. The second-order valence-corrected chi connectivity index (χ2v) is 6.01. The summed E-state index contributed by atoms with van der Waals surface area (Å²) in [6.45, 7) is 0. The molecule has 0 aromatic heterocycles. The fourth-order valence-corrected chi connectivity index (χ4v) is 3.07. The average molecular weight is 354 g/mol. The van der Waals surface area contributed by atoms with Crippen molar-refractivity contribution in [2.75, 3.05) is 5.32 Å². The molecule has 0 saturated heterocycles. The van der Waals surface area contributed by atoms with E-state index in [1.165, 1.54) is 24.3 Å². The van der Waals surface area contributed by atoms with Crippen LogP contribution in [0.5, 0.6) is 0 Å². The fraction of sp³-hybridized carbons (Fsp3) is 0.125. The van der Waals surface area contributed by atoms with Gasteiger partial charge in [-0.2, -0.15) is 0 Å². The van der Waals surface area contributed by atoms with Crippen LogP contribution in [0.4, 0.5) is 10.1 Å². The van der Waals surface area contributed by atoms with Gasteiger partial charge in [-0.05, 0) is 36.4 Å². The summed E-state index contributed by atoms with van der Waals surface area (Å²) in [5, 5.41) is 13.5. The quantitative estimate of drug-likeness (QED) is 0.829. The van der Waals surface area contributed by atoms with Gasteiger partial charge in [0.05, 0.1) is 17.1 Å². The Bertz CT molecular complexity index is 823. The molecule has 7 heteroatoms. The van der Waals surface area contributed by atoms with Crippen LogP contribution in [0.25, 0.3) is 0 Å². The number of nitrogens with one attached hydrogen (secondary N) is 1. The number of ketones is 1. The van der Waals surface area contributed by atoms with Gasteiger partial charge in [0.25, 0.3) is 5.91 Å². The molecule has 2 aromatic carbocycles. The monoisotopic (exact) mass is 353 g/mol. The van der Waals surface area contributed by atoms with Crippen LogP contribution in [-0.4, -0.2) is 16.8 Å². The lowest BCUT2D eigenvalue weighted by Gasteiger charge is -2.21. The maximum absolute atomic E-state index is 12.9. The maximum Gasteiger partial charge on any atom is 0.261 e. The van der Waals surface area contributed by atoms with Crippen molar-refractivity contribution in [2.45, 2.75) is 12.0 Å². The van der Waals surface area contributed by atoms with Crippen LogP contribution in [-0.2, 0) is 10.4 Å². The Kier molecular flexibility index (Phi) is 3.88. The van der Waals surface area contributed by atoms with Gasteiger partial charge in [-0.15, -0.1) is 0 Å². The molecule has 0 radical (unpaired) electrons. The first-order valence-corrected chi connectivity index (χ1v) is 7.39. The molecule has 1 aliphatic rings.